The molecule has 0 saturated heterocycles. The van der Waals surface area contributed by atoms with Gasteiger partial charge in [0.25, 0.3) is 5.91 Å². The van der Waals surface area contributed by atoms with Crippen LogP contribution in [0.4, 0.5) is 10.5 Å². The van der Waals surface area contributed by atoms with E-state index < -0.39 is 11.7 Å². The van der Waals surface area contributed by atoms with Gasteiger partial charge in [-0.25, -0.2) is 4.79 Å². The van der Waals surface area contributed by atoms with Crippen LogP contribution in [0.5, 0.6) is 5.75 Å². The number of benzene rings is 1. The minimum Gasteiger partial charge on any atom is -0.492 e. The molecule has 0 unspecified atom stereocenters. The maximum Gasteiger partial charge on any atom is 0.407 e. The van der Waals surface area contributed by atoms with Gasteiger partial charge in [-0.2, -0.15) is 0 Å². The smallest absolute Gasteiger partial charge is 0.407 e. The molecule has 2 amide bonds. The van der Waals surface area contributed by atoms with Gasteiger partial charge in [-0.15, -0.1) is 0 Å². The lowest BCUT2D eigenvalue weighted by Gasteiger charge is -2.19. The quantitative estimate of drug-likeness (QED) is 0.548. The third kappa shape index (κ3) is 6.90. The molecule has 0 fully saturated rings. The predicted octanol–water partition coefficient (Wildman–Crippen LogP) is 1.92. The van der Waals surface area contributed by atoms with Crippen LogP contribution in [0.1, 0.15) is 38.1 Å². The Balaban J connectivity index is 2.40. The fourth-order valence-corrected chi connectivity index (χ4v) is 1.73. The predicted molar refractivity (Wildman–Crippen MR) is 88.6 cm³/mol. The molecule has 23 heavy (non-hydrogen) atoms. The van der Waals surface area contributed by atoms with Gasteiger partial charge in [0.1, 0.15) is 11.4 Å². The Labute approximate surface area is 136 Å². The lowest BCUT2D eigenvalue weighted by Crippen LogP contribution is -2.37. The van der Waals surface area contributed by atoms with Crippen molar-refractivity contribution in [2.75, 3.05) is 25.4 Å². The highest BCUT2D eigenvalue weighted by molar-refractivity contribution is 5.95. The van der Waals surface area contributed by atoms with E-state index in [9.17, 15) is 9.59 Å². The number of amides is 2. The largest absolute Gasteiger partial charge is 0.492 e. The summed E-state index contributed by atoms with van der Waals surface area (Å²) in [6.07, 6.45) is -0.517. The van der Waals surface area contributed by atoms with Crippen molar-refractivity contribution in [1.82, 2.24) is 10.6 Å². The third-order valence-electron chi connectivity index (χ3n) is 2.65. The van der Waals surface area contributed by atoms with Crippen LogP contribution in [0, 0.1) is 0 Å². The molecule has 0 aromatic heterocycles. The first-order chi connectivity index (χ1) is 10.7. The summed E-state index contributed by atoms with van der Waals surface area (Å²) in [7, 11) is 0. The summed E-state index contributed by atoms with van der Waals surface area (Å²) < 4.78 is 10.4. The standard InChI is InChI=1S/C16H25N3O4/c1-5-22-13-7-6-11(10-12(13)17)14(20)18-8-9-19-15(21)23-16(2,3)4/h6-7,10H,5,8-9,17H2,1-4H3,(H,18,20)(H,19,21). The monoisotopic (exact) mass is 323 g/mol. The van der Waals surface area contributed by atoms with Crippen LogP contribution in [0.15, 0.2) is 18.2 Å². The second kappa shape index (κ2) is 8.26. The van der Waals surface area contributed by atoms with Crippen LogP contribution < -0.4 is 21.1 Å². The molecule has 0 aliphatic heterocycles. The van der Waals surface area contributed by atoms with E-state index in [0.717, 1.165) is 0 Å². The molecule has 0 bridgehead atoms. The Morgan fingerprint density at radius 3 is 2.39 bits per heavy atom. The molecule has 0 saturated carbocycles. The highest BCUT2D eigenvalue weighted by Crippen LogP contribution is 2.22. The van der Waals surface area contributed by atoms with Crippen LogP contribution in [0.2, 0.25) is 0 Å². The number of rotatable bonds is 6. The Morgan fingerprint density at radius 1 is 1.17 bits per heavy atom. The van der Waals surface area contributed by atoms with Crippen molar-refractivity contribution in [2.45, 2.75) is 33.3 Å². The molecule has 1 aromatic rings. The van der Waals surface area contributed by atoms with Crippen LogP contribution in [-0.2, 0) is 4.74 Å². The van der Waals surface area contributed by atoms with E-state index in [1.54, 1.807) is 39.0 Å². The molecule has 0 radical (unpaired) electrons. The molecule has 1 aromatic carbocycles. The van der Waals surface area contributed by atoms with Crippen molar-refractivity contribution in [3.8, 4) is 5.75 Å². The van der Waals surface area contributed by atoms with E-state index in [1.807, 2.05) is 6.92 Å². The van der Waals surface area contributed by atoms with Gasteiger partial charge in [-0.05, 0) is 45.9 Å². The fourth-order valence-electron chi connectivity index (χ4n) is 1.73. The summed E-state index contributed by atoms with van der Waals surface area (Å²) in [5, 5.41) is 5.25. The maximum atomic E-state index is 12.0. The van der Waals surface area contributed by atoms with Gasteiger partial charge in [0, 0.05) is 18.7 Å². The number of hydrogen-bond acceptors (Lipinski definition) is 5. The zero-order valence-electron chi connectivity index (χ0n) is 14.1. The lowest BCUT2D eigenvalue weighted by molar-refractivity contribution is 0.0526. The molecule has 0 spiro atoms. The summed E-state index contributed by atoms with van der Waals surface area (Å²) in [6.45, 7) is 8.27. The van der Waals surface area contributed by atoms with Crippen molar-refractivity contribution in [3.63, 3.8) is 0 Å². The number of anilines is 1. The van der Waals surface area contributed by atoms with Crippen molar-refractivity contribution in [1.29, 1.82) is 0 Å². The van der Waals surface area contributed by atoms with Crippen molar-refractivity contribution < 1.29 is 19.1 Å². The summed E-state index contributed by atoms with van der Waals surface area (Å²) in [6, 6.07) is 4.85. The minimum absolute atomic E-state index is 0.271. The Hall–Kier alpha value is -2.44. The molecule has 0 heterocycles. The number of ether oxygens (including phenoxy) is 2. The van der Waals surface area contributed by atoms with E-state index in [-0.39, 0.29) is 19.0 Å². The first-order valence-electron chi connectivity index (χ1n) is 7.50. The molecule has 4 N–H and O–H groups in total. The van der Waals surface area contributed by atoms with Crippen LogP contribution in [0.3, 0.4) is 0 Å². The highest BCUT2D eigenvalue weighted by atomic mass is 16.6. The number of nitrogens with one attached hydrogen (secondary N) is 2. The van der Waals surface area contributed by atoms with Crippen molar-refractivity contribution in [3.05, 3.63) is 23.8 Å². The Bertz CT molecular complexity index is 553. The van der Waals surface area contributed by atoms with E-state index in [1.165, 1.54) is 0 Å². The van der Waals surface area contributed by atoms with Gasteiger partial charge in [-0.3, -0.25) is 4.79 Å². The number of nitrogen functional groups attached to an aromatic ring is 1. The first kappa shape index (κ1) is 18.6. The lowest BCUT2D eigenvalue weighted by atomic mass is 10.1. The summed E-state index contributed by atoms with van der Waals surface area (Å²) in [5.74, 6) is 0.279. The zero-order valence-corrected chi connectivity index (χ0v) is 14.1. The SMILES string of the molecule is CCOc1ccc(C(=O)NCCNC(=O)OC(C)(C)C)cc1N. The average molecular weight is 323 g/mol. The molecule has 7 heteroatoms. The molecule has 1 rings (SSSR count). The Kier molecular flexibility index (Phi) is 6.68. The number of nitrogens with two attached hydrogens (primary N) is 1. The Morgan fingerprint density at radius 2 is 1.83 bits per heavy atom. The number of carbonyl (C=O) groups excluding carboxylic acids is 2. The number of alkyl carbamates (subject to hydrolysis) is 1. The van der Waals surface area contributed by atoms with E-state index in [0.29, 0.717) is 23.6 Å². The van der Waals surface area contributed by atoms with Crippen LogP contribution in [0.25, 0.3) is 0 Å². The van der Waals surface area contributed by atoms with Gasteiger partial charge in [0.2, 0.25) is 0 Å². The fraction of sp³-hybridized carbons (Fsp3) is 0.500. The third-order valence-corrected chi connectivity index (χ3v) is 2.65. The zero-order chi connectivity index (χ0) is 17.5. The van der Waals surface area contributed by atoms with Crippen molar-refractivity contribution in [2.24, 2.45) is 0 Å². The highest BCUT2D eigenvalue weighted by Gasteiger charge is 2.15. The molecule has 7 nitrogen and oxygen atoms in total. The average Bonchev–Trinajstić information content (AvgIpc) is 2.44. The maximum absolute atomic E-state index is 12.0. The molecule has 0 aliphatic carbocycles. The van der Waals surface area contributed by atoms with Gasteiger partial charge in [0.05, 0.1) is 12.3 Å². The van der Waals surface area contributed by atoms with Crippen molar-refractivity contribution >= 4 is 17.7 Å². The summed E-state index contributed by atoms with van der Waals surface area (Å²) >= 11 is 0. The normalized spacial score (nSPS) is 10.8. The van der Waals surface area contributed by atoms with E-state index in [4.69, 9.17) is 15.2 Å². The second-order valence-corrected chi connectivity index (χ2v) is 5.87. The van der Waals surface area contributed by atoms with Crippen LogP contribution >= 0.6 is 0 Å². The molecule has 0 aliphatic rings. The van der Waals surface area contributed by atoms with Gasteiger partial charge in [0.15, 0.2) is 0 Å². The summed E-state index contributed by atoms with van der Waals surface area (Å²) in [4.78, 5) is 23.4. The minimum atomic E-state index is -0.548. The van der Waals surface area contributed by atoms with Crippen LogP contribution in [-0.4, -0.2) is 37.3 Å². The first-order valence-corrected chi connectivity index (χ1v) is 7.50. The number of hydrogen-bond donors (Lipinski definition) is 3. The molecular formula is C16H25N3O4. The van der Waals surface area contributed by atoms with Gasteiger partial charge < -0.3 is 25.8 Å². The molecule has 128 valence electrons. The number of carbonyl (C=O) groups is 2. The van der Waals surface area contributed by atoms with E-state index in [2.05, 4.69) is 10.6 Å². The van der Waals surface area contributed by atoms with Gasteiger partial charge in [-0.1, -0.05) is 0 Å². The topological polar surface area (TPSA) is 103 Å². The van der Waals surface area contributed by atoms with E-state index >= 15 is 0 Å². The molecule has 0 atom stereocenters. The van der Waals surface area contributed by atoms with Gasteiger partial charge >= 0.3 is 6.09 Å². The second-order valence-electron chi connectivity index (χ2n) is 5.87. The molecular weight excluding hydrogens is 298 g/mol. The summed E-state index contributed by atoms with van der Waals surface area (Å²) in [5.41, 5.74) is 6.11.